The molecule has 0 bridgehead atoms. The molecule has 3 rings (SSSR count). The van der Waals surface area contributed by atoms with E-state index in [1.807, 2.05) is 43.4 Å². The second-order valence-corrected chi connectivity index (χ2v) is 6.00. The number of ether oxygens (including phenoxy) is 2. The van der Waals surface area contributed by atoms with E-state index >= 15 is 0 Å². The first-order valence-corrected chi connectivity index (χ1v) is 7.90. The third-order valence-electron chi connectivity index (χ3n) is 4.00. The van der Waals surface area contributed by atoms with E-state index < -0.39 is 0 Å². The number of fused-ring (bicyclic) bond motifs is 1. The zero-order chi connectivity index (χ0) is 17.3. The van der Waals surface area contributed by atoms with Crippen molar-refractivity contribution in [1.82, 2.24) is 5.01 Å². The van der Waals surface area contributed by atoms with Gasteiger partial charge in [0.25, 0.3) is 0 Å². The lowest BCUT2D eigenvalue weighted by atomic mass is 9.95. The minimum Gasteiger partial charge on any atom is -0.493 e. The molecular formula is C18H19N3O2S. The number of benzene rings is 2. The van der Waals surface area contributed by atoms with Crippen LogP contribution in [0.25, 0.3) is 0 Å². The fraction of sp³-hybridized carbons (Fsp3) is 0.222. The van der Waals surface area contributed by atoms with E-state index in [4.69, 9.17) is 32.5 Å². The number of likely N-dealkylation sites (N-methyl/N-ethyl adjacent to an activating group) is 1. The second-order valence-electron chi connectivity index (χ2n) is 5.53. The predicted octanol–water partition coefficient (Wildman–Crippen LogP) is 2.85. The van der Waals surface area contributed by atoms with Crippen molar-refractivity contribution in [1.29, 1.82) is 0 Å². The summed E-state index contributed by atoms with van der Waals surface area (Å²) >= 11 is 5.48. The van der Waals surface area contributed by atoms with Crippen molar-refractivity contribution in [2.75, 3.05) is 27.0 Å². The number of thiocarbonyl (C=S) groups is 1. The van der Waals surface area contributed by atoms with Crippen LogP contribution in [0.4, 0.5) is 5.69 Å². The lowest BCUT2D eigenvalue weighted by molar-refractivity contribution is 0.354. The molecule has 24 heavy (non-hydrogen) atoms. The van der Waals surface area contributed by atoms with Crippen molar-refractivity contribution in [3.05, 3.63) is 53.1 Å². The van der Waals surface area contributed by atoms with Crippen molar-refractivity contribution in [2.24, 2.45) is 5.10 Å². The lowest BCUT2D eigenvalue weighted by Crippen LogP contribution is -2.20. The van der Waals surface area contributed by atoms with Crippen molar-refractivity contribution >= 4 is 28.6 Å². The van der Waals surface area contributed by atoms with Gasteiger partial charge in [-0.2, -0.15) is 5.10 Å². The Bertz CT molecular complexity index is 816. The maximum absolute atomic E-state index is 5.81. The number of anilines is 1. The quantitative estimate of drug-likeness (QED) is 0.687. The number of hydrazone groups is 1. The fourth-order valence-corrected chi connectivity index (χ4v) is 2.88. The van der Waals surface area contributed by atoms with E-state index in [0.29, 0.717) is 23.6 Å². The summed E-state index contributed by atoms with van der Waals surface area (Å²) in [7, 11) is 5.11. The highest BCUT2D eigenvalue weighted by molar-refractivity contribution is 7.80. The molecule has 0 aromatic heterocycles. The monoisotopic (exact) mass is 341 g/mol. The van der Waals surface area contributed by atoms with E-state index in [1.54, 1.807) is 19.2 Å². The van der Waals surface area contributed by atoms with E-state index in [2.05, 4.69) is 0 Å². The van der Waals surface area contributed by atoms with Gasteiger partial charge in [-0.25, -0.2) is 0 Å². The molecule has 2 N–H and O–H groups in total. The van der Waals surface area contributed by atoms with Gasteiger partial charge < -0.3 is 15.2 Å². The second kappa shape index (κ2) is 6.49. The van der Waals surface area contributed by atoms with Gasteiger partial charge in [-0.3, -0.25) is 5.01 Å². The highest BCUT2D eigenvalue weighted by atomic mass is 32.1. The predicted molar refractivity (Wildman–Crippen MR) is 100 cm³/mol. The van der Waals surface area contributed by atoms with Crippen LogP contribution in [-0.4, -0.2) is 37.0 Å². The maximum Gasteiger partial charge on any atom is 0.161 e. The Morgan fingerprint density at radius 2 is 1.71 bits per heavy atom. The van der Waals surface area contributed by atoms with Crippen LogP contribution in [0.5, 0.6) is 11.5 Å². The average Bonchev–Trinajstić information content (AvgIpc) is 2.71. The topological polar surface area (TPSA) is 60.1 Å². The molecule has 2 aromatic carbocycles. The molecule has 6 heteroatoms. The van der Waals surface area contributed by atoms with Crippen LogP contribution in [0.2, 0.25) is 0 Å². The van der Waals surface area contributed by atoms with Gasteiger partial charge in [0.2, 0.25) is 0 Å². The van der Waals surface area contributed by atoms with Crippen LogP contribution in [0.15, 0.2) is 41.5 Å². The molecule has 0 spiro atoms. The third kappa shape index (κ3) is 2.92. The molecular weight excluding hydrogens is 322 g/mol. The minimum absolute atomic E-state index is 0.615. The molecule has 0 saturated carbocycles. The summed E-state index contributed by atoms with van der Waals surface area (Å²) in [4.78, 5) is 0.744. The Balaban J connectivity index is 2.23. The molecule has 1 aliphatic heterocycles. The number of methoxy groups -OCH3 is 2. The van der Waals surface area contributed by atoms with Crippen LogP contribution in [0, 0.1) is 0 Å². The van der Waals surface area contributed by atoms with Gasteiger partial charge in [-0.05, 0) is 29.8 Å². The van der Waals surface area contributed by atoms with Crippen molar-refractivity contribution in [3.63, 3.8) is 0 Å². The van der Waals surface area contributed by atoms with E-state index in [9.17, 15) is 0 Å². The van der Waals surface area contributed by atoms with Crippen LogP contribution in [0.3, 0.4) is 0 Å². The molecule has 0 atom stereocenters. The van der Waals surface area contributed by atoms with Crippen LogP contribution < -0.4 is 15.2 Å². The Kier molecular flexibility index (Phi) is 4.40. The number of nitrogen functional groups attached to an aromatic ring is 1. The summed E-state index contributed by atoms with van der Waals surface area (Å²) in [5.74, 6) is 1.34. The molecule has 1 heterocycles. The standard InChI is InChI=1S/C18H19N3O2S/c1-21-17(24)9-12-8-15(22-2)16(23-3)10-14(12)18(20-21)11-4-6-13(19)7-5-11/h4-8,10H,9,19H2,1-3H3. The average molecular weight is 341 g/mol. The summed E-state index contributed by atoms with van der Waals surface area (Å²) < 4.78 is 10.9. The molecule has 0 fully saturated rings. The molecule has 124 valence electrons. The Morgan fingerprint density at radius 3 is 2.33 bits per heavy atom. The summed E-state index contributed by atoms with van der Waals surface area (Å²) in [5, 5.41) is 6.44. The molecule has 2 aromatic rings. The van der Waals surface area contributed by atoms with E-state index in [0.717, 1.165) is 27.4 Å². The number of nitrogens with two attached hydrogens (primary N) is 1. The van der Waals surface area contributed by atoms with Crippen LogP contribution in [-0.2, 0) is 6.42 Å². The van der Waals surface area contributed by atoms with Gasteiger partial charge in [0.05, 0.1) is 19.9 Å². The molecule has 0 aliphatic carbocycles. The highest BCUT2D eigenvalue weighted by Gasteiger charge is 2.22. The number of nitrogens with zero attached hydrogens (tertiary/aromatic N) is 2. The number of hydrogen-bond donors (Lipinski definition) is 1. The molecule has 0 amide bonds. The van der Waals surface area contributed by atoms with Crippen molar-refractivity contribution in [3.8, 4) is 11.5 Å². The smallest absolute Gasteiger partial charge is 0.161 e. The van der Waals surface area contributed by atoms with Gasteiger partial charge in [-0.15, -0.1) is 0 Å². The number of hydrogen-bond acceptors (Lipinski definition) is 5. The Morgan fingerprint density at radius 1 is 1.08 bits per heavy atom. The van der Waals surface area contributed by atoms with Crippen molar-refractivity contribution in [2.45, 2.75) is 6.42 Å². The molecule has 0 saturated heterocycles. The van der Waals surface area contributed by atoms with Gasteiger partial charge in [-0.1, -0.05) is 24.4 Å². The zero-order valence-electron chi connectivity index (χ0n) is 13.9. The molecule has 0 radical (unpaired) electrons. The van der Waals surface area contributed by atoms with Gasteiger partial charge in [0.15, 0.2) is 11.5 Å². The lowest BCUT2D eigenvalue weighted by Gasteiger charge is -2.14. The van der Waals surface area contributed by atoms with Crippen LogP contribution in [0.1, 0.15) is 16.7 Å². The summed E-state index contributed by atoms with van der Waals surface area (Å²) in [6.07, 6.45) is 0.615. The first-order chi connectivity index (χ1) is 11.5. The SMILES string of the molecule is COc1cc2c(cc1OC)C(c1ccc(N)cc1)=NN(C)C(=S)C2. The minimum atomic E-state index is 0.615. The largest absolute Gasteiger partial charge is 0.493 e. The summed E-state index contributed by atoms with van der Waals surface area (Å²) in [6.45, 7) is 0. The van der Waals surface area contributed by atoms with E-state index in [1.165, 1.54) is 0 Å². The van der Waals surface area contributed by atoms with Gasteiger partial charge in [0, 0.05) is 30.3 Å². The Hall–Kier alpha value is -2.60. The number of rotatable bonds is 3. The van der Waals surface area contributed by atoms with Crippen molar-refractivity contribution < 1.29 is 9.47 Å². The maximum atomic E-state index is 5.81. The first kappa shape index (κ1) is 16.3. The summed E-state index contributed by atoms with van der Waals surface area (Å²) in [5.41, 5.74) is 10.3. The fourth-order valence-electron chi connectivity index (χ4n) is 2.68. The van der Waals surface area contributed by atoms with Gasteiger partial charge in [0.1, 0.15) is 4.99 Å². The zero-order valence-corrected chi connectivity index (χ0v) is 14.7. The molecule has 1 aliphatic rings. The Labute approximate surface area is 146 Å². The third-order valence-corrected chi connectivity index (χ3v) is 4.41. The molecule has 0 unspecified atom stereocenters. The van der Waals surface area contributed by atoms with Crippen LogP contribution >= 0.6 is 12.2 Å². The highest BCUT2D eigenvalue weighted by Crippen LogP contribution is 2.33. The van der Waals surface area contributed by atoms with Gasteiger partial charge >= 0.3 is 0 Å². The molecule has 5 nitrogen and oxygen atoms in total. The van der Waals surface area contributed by atoms with E-state index in [-0.39, 0.29) is 0 Å². The first-order valence-electron chi connectivity index (χ1n) is 7.50. The summed E-state index contributed by atoms with van der Waals surface area (Å²) in [6, 6.07) is 11.5. The normalized spacial score (nSPS) is 13.9.